The lowest BCUT2D eigenvalue weighted by Gasteiger charge is -2.18. The van der Waals surface area contributed by atoms with Crippen LogP contribution in [0.15, 0.2) is 61.1 Å². The topological polar surface area (TPSA) is 139 Å². The molecule has 0 aliphatic rings. The van der Waals surface area contributed by atoms with E-state index in [1.54, 1.807) is 25.3 Å². The maximum Gasteiger partial charge on any atom is 0.260 e. The van der Waals surface area contributed by atoms with Crippen molar-refractivity contribution >= 4 is 28.3 Å². The number of fused-ring (bicyclic) bond motifs is 1. The van der Waals surface area contributed by atoms with Crippen LogP contribution in [0, 0.1) is 13.8 Å². The van der Waals surface area contributed by atoms with E-state index in [1.807, 2.05) is 50.2 Å². The molecule has 10 heteroatoms. The molecule has 2 heterocycles. The van der Waals surface area contributed by atoms with Crippen molar-refractivity contribution < 1.29 is 24.5 Å². The first-order chi connectivity index (χ1) is 17.8. The predicted octanol–water partition coefficient (Wildman–Crippen LogP) is 3.41. The number of aliphatic hydroxyl groups excluding tert-OH is 2. The largest absolute Gasteiger partial charge is 0.480 e. The number of aryl methyl sites for hydroxylation is 2. The zero-order chi connectivity index (χ0) is 26.4. The second-order valence-corrected chi connectivity index (χ2v) is 8.56. The van der Waals surface area contributed by atoms with Crippen LogP contribution in [0.25, 0.3) is 10.9 Å². The van der Waals surface area contributed by atoms with Crippen molar-refractivity contribution in [3.05, 3.63) is 72.3 Å². The molecule has 1 amide bonds. The summed E-state index contributed by atoms with van der Waals surface area (Å²) in [7, 11) is 0. The Morgan fingerprint density at radius 2 is 1.89 bits per heavy atom. The molecule has 0 fully saturated rings. The van der Waals surface area contributed by atoms with Gasteiger partial charge in [0, 0.05) is 17.9 Å². The van der Waals surface area contributed by atoms with Crippen molar-refractivity contribution in [3.63, 3.8) is 0 Å². The van der Waals surface area contributed by atoms with Crippen LogP contribution in [0.5, 0.6) is 17.2 Å². The second kappa shape index (κ2) is 11.6. The zero-order valence-corrected chi connectivity index (χ0v) is 20.8. The standard InChI is InChI=1S/C27H29N5O5/c1-16-11-19(8-10-23(16)37-21-9-7-17(2)28-13-21)32-26-25-22(30-15-31-26)5-4-6-24(25)36-18(3)27(35)29-12-20(34)14-33/h4-11,13,15,18,20,33-34H,12,14H2,1-3H3,(H,29,35)(H,30,31,32)/t18-,20+/m1/s1. The Morgan fingerprint density at radius 3 is 2.62 bits per heavy atom. The van der Waals surface area contributed by atoms with E-state index >= 15 is 0 Å². The van der Waals surface area contributed by atoms with Gasteiger partial charge in [-0.25, -0.2) is 9.97 Å². The molecule has 0 saturated carbocycles. The SMILES string of the molecule is Cc1ccc(Oc2ccc(Nc3ncnc4cccc(O[C@H](C)C(=O)NC[C@H](O)CO)c34)cc2C)cn1. The monoisotopic (exact) mass is 503 g/mol. The quantitative estimate of drug-likeness (QED) is 0.256. The van der Waals surface area contributed by atoms with Crippen LogP contribution in [-0.4, -0.2) is 56.4 Å². The van der Waals surface area contributed by atoms with Gasteiger partial charge < -0.3 is 30.3 Å². The minimum Gasteiger partial charge on any atom is -0.480 e. The van der Waals surface area contributed by atoms with Gasteiger partial charge in [-0.15, -0.1) is 0 Å². The summed E-state index contributed by atoms with van der Waals surface area (Å²) in [6.45, 7) is 4.95. The molecule has 37 heavy (non-hydrogen) atoms. The van der Waals surface area contributed by atoms with Crippen molar-refractivity contribution in [3.8, 4) is 17.2 Å². The number of aliphatic hydroxyl groups is 2. The Hall–Kier alpha value is -4.28. The van der Waals surface area contributed by atoms with Gasteiger partial charge >= 0.3 is 0 Å². The Balaban J connectivity index is 1.54. The number of carbonyl (C=O) groups is 1. The summed E-state index contributed by atoms with van der Waals surface area (Å²) < 4.78 is 11.9. The first-order valence-electron chi connectivity index (χ1n) is 11.8. The summed E-state index contributed by atoms with van der Waals surface area (Å²) in [6.07, 6.45) is 1.24. The zero-order valence-electron chi connectivity index (χ0n) is 20.8. The predicted molar refractivity (Wildman–Crippen MR) is 139 cm³/mol. The van der Waals surface area contributed by atoms with Crippen LogP contribution >= 0.6 is 0 Å². The number of carbonyl (C=O) groups excluding carboxylic acids is 1. The number of benzene rings is 2. The lowest BCUT2D eigenvalue weighted by molar-refractivity contribution is -0.127. The number of aromatic nitrogens is 3. The molecule has 0 aliphatic heterocycles. The van der Waals surface area contributed by atoms with Crippen LogP contribution < -0.4 is 20.1 Å². The molecule has 2 aromatic heterocycles. The van der Waals surface area contributed by atoms with E-state index in [-0.39, 0.29) is 6.54 Å². The Labute approximate surface area is 214 Å². The van der Waals surface area contributed by atoms with Crippen molar-refractivity contribution in [2.75, 3.05) is 18.5 Å². The number of hydrogen-bond acceptors (Lipinski definition) is 9. The molecule has 2 atom stereocenters. The smallest absolute Gasteiger partial charge is 0.260 e. The molecule has 4 N–H and O–H groups in total. The number of ether oxygens (including phenoxy) is 2. The first kappa shape index (κ1) is 25.8. The van der Waals surface area contributed by atoms with Crippen molar-refractivity contribution in [2.24, 2.45) is 0 Å². The molecular formula is C27H29N5O5. The lowest BCUT2D eigenvalue weighted by Crippen LogP contribution is -2.41. The average Bonchev–Trinajstić information content (AvgIpc) is 2.90. The number of pyridine rings is 1. The van der Waals surface area contributed by atoms with E-state index in [0.29, 0.717) is 34.0 Å². The summed E-state index contributed by atoms with van der Waals surface area (Å²) in [5.41, 5.74) is 3.25. The van der Waals surface area contributed by atoms with Crippen LogP contribution in [0.4, 0.5) is 11.5 Å². The number of amides is 1. The molecule has 2 aromatic carbocycles. The Morgan fingerprint density at radius 1 is 1.05 bits per heavy atom. The van der Waals surface area contributed by atoms with Gasteiger partial charge in [-0.1, -0.05) is 6.07 Å². The molecule has 192 valence electrons. The van der Waals surface area contributed by atoms with Crippen molar-refractivity contribution in [1.82, 2.24) is 20.3 Å². The summed E-state index contributed by atoms with van der Waals surface area (Å²) in [4.78, 5) is 25.4. The van der Waals surface area contributed by atoms with Crippen molar-refractivity contribution in [1.29, 1.82) is 0 Å². The molecule has 0 unspecified atom stereocenters. The highest BCUT2D eigenvalue weighted by Crippen LogP contribution is 2.33. The summed E-state index contributed by atoms with van der Waals surface area (Å²) in [6, 6.07) is 14.8. The van der Waals surface area contributed by atoms with E-state index in [2.05, 4.69) is 25.6 Å². The van der Waals surface area contributed by atoms with Crippen LogP contribution in [0.1, 0.15) is 18.2 Å². The highest BCUT2D eigenvalue weighted by molar-refractivity contribution is 5.96. The van der Waals surface area contributed by atoms with Crippen LogP contribution in [0.3, 0.4) is 0 Å². The molecule has 4 aromatic rings. The maximum atomic E-state index is 12.4. The molecule has 0 spiro atoms. The first-order valence-corrected chi connectivity index (χ1v) is 11.8. The number of nitrogens with zero attached hydrogens (tertiary/aromatic N) is 3. The summed E-state index contributed by atoms with van der Waals surface area (Å²) in [5, 5.41) is 24.9. The second-order valence-electron chi connectivity index (χ2n) is 8.56. The normalized spacial score (nSPS) is 12.6. The minimum atomic E-state index is -1.04. The van der Waals surface area contributed by atoms with Gasteiger partial charge in [0.05, 0.1) is 29.8 Å². The van der Waals surface area contributed by atoms with E-state index in [0.717, 1.165) is 16.9 Å². The average molecular weight is 504 g/mol. The van der Waals surface area contributed by atoms with Crippen molar-refractivity contribution in [2.45, 2.75) is 33.0 Å². The van der Waals surface area contributed by atoms with E-state index in [4.69, 9.17) is 14.6 Å². The van der Waals surface area contributed by atoms with E-state index < -0.39 is 24.7 Å². The molecular weight excluding hydrogens is 474 g/mol. The highest BCUT2D eigenvalue weighted by atomic mass is 16.5. The fraction of sp³-hybridized carbons (Fsp3) is 0.259. The number of anilines is 2. The van der Waals surface area contributed by atoms with E-state index in [1.165, 1.54) is 6.33 Å². The highest BCUT2D eigenvalue weighted by Gasteiger charge is 2.19. The van der Waals surface area contributed by atoms with Gasteiger partial charge in [0.25, 0.3) is 5.91 Å². The maximum absolute atomic E-state index is 12.4. The molecule has 0 bridgehead atoms. The minimum absolute atomic E-state index is 0.0754. The van der Waals surface area contributed by atoms with Gasteiger partial charge in [0.15, 0.2) is 6.10 Å². The number of nitrogens with one attached hydrogen (secondary N) is 2. The van der Waals surface area contributed by atoms with Crippen LogP contribution in [0.2, 0.25) is 0 Å². The van der Waals surface area contributed by atoms with Gasteiger partial charge in [-0.2, -0.15) is 0 Å². The van der Waals surface area contributed by atoms with Gasteiger partial charge in [0.1, 0.15) is 29.4 Å². The van der Waals surface area contributed by atoms with Crippen LogP contribution in [-0.2, 0) is 4.79 Å². The number of rotatable bonds is 10. The number of hydrogen-bond donors (Lipinski definition) is 4. The van der Waals surface area contributed by atoms with Gasteiger partial charge in [-0.3, -0.25) is 9.78 Å². The molecule has 0 aliphatic carbocycles. The third kappa shape index (κ3) is 6.49. The molecule has 4 rings (SSSR count). The fourth-order valence-electron chi connectivity index (χ4n) is 3.56. The Bertz CT molecular complexity index is 1370. The molecule has 0 radical (unpaired) electrons. The summed E-state index contributed by atoms with van der Waals surface area (Å²) in [5.74, 6) is 1.88. The third-order valence-electron chi connectivity index (χ3n) is 5.57. The van der Waals surface area contributed by atoms with Gasteiger partial charge in [0.2, 0.25) is 0 Å². The van der Waals surface area contributed by atoms with E-state index in [9.17, 15) is 9.90 Å². The third-order valence-corrected chi connectivity index (χ3v) is 5.57. The summed E-state index contributed by atoms with van der Waals surface area (Å²) >= 11 is 0. The lowest BCUT2D eigenvalue weighted by atomic mass is 10.1. The van der Waals surface area contributed by atoms with Gasteiger partial charge in [-0.05, 0) is 68.8 Å². The fourth-order valence-corrected chi connectivity index (χ4v) is 3.56. The Kier molecular flexibility index (Phi) is 8.11. The molecule has 10 nitrogen and oxygen atoms in total. The molecule has 0 saturated heterocycles.